The summed E-state index contributed by atoms with van der Waals surface area (Å²) in [5.74, 6) is -0.304. The van der Waals surface area contributed by atoms with Crippen LogP contribution in [0.15, 0.2) is 77.2 Å². The summed E-state index contributed by atoms with van der Waals surface area (Å²) in [6.07, 6.45) is 1.54. The second-order valence-corrected chi connectivity index (χ2v) is 6.93. The number of aromatic nitrogens is 1. The van der Waals surface area contributed by atoms with Gasteiger partial charge in [0, 0.05) is 5.39 Å². The van der Waals surface area contributed by atoms with Crippen LogP contribution in [0.1, 0.15) is 21.5 Å². The van der Waals surface area contributed by atoms with Gasteiger partial charge in [-0.25, -0.2) is 10.4 Å². The van der Waals surface area contributed by atoms with E-state index in [1.54, 1.807) is 47.9 Å². The number of nitrogens with one attached hydrogen (secondary N) is 1. The Balaban J connectivity index is 1.62. The van der Waals surface area contributed by atoms with E-state index in [0.717, 1.165) is 27.0 Å². The lowest BCUT2D eigenvalue weighted by molar-refractivity contribution is 0.0956. The standard InChI is InChI=1S/C22H14N4OS/c23-13-15-7-9-16(10-8-15)14-24-26-22(27)18-12-20(21-6-3-11-28-21)25-19-5-2-1-4-17(18)19/h1-12,14H,(H,26,27)/b24-14-. The van der Waals surface area contributed by atoms with E-state index in [2.05, 4.69) is 21.6 Å². The minimum absolute atomic E-state index is 0.304. The zero-order valence-electron chi connectivity index (χ0n) is 14.7. The summed E-state index contributed by atoms with van der Waals surface area (Å²) in [5, 5.41) is 15.6. The van der Waals surface area contributed by atoms with Gasteiger partial charge in [0.15, 0.2) is 0 Å². The van der Waals surface area contributed by atoms with Crippen LogP contribution in [-0.2, 0) is 0 Å². The van der Waals surface area contributed by atoms with E-state index in [4.69, 9.17) is 5.26 Å². The maximum Gasteiger partial charge on any atom is 0.272 e. The summed E-state index contributed by atoms with van der Waals surface area (Å²) < 4.78 is 0. The number of hydrogen-bond donors (Lipinski definition) is 1. The van der Waals surface area contributed by atoms with Crippen LogP contribution in [0.4, 0.5) is 0 Å². The average Bonchev–Trinajstić information content (AvgIpc) is 3.28. The Morgan fingerprint density at radius 2 is 1.93 bits per heavy atom. The summed E-state index contributed by atoms with van der Waals surface area (Å²) in [5.41, 5.74) is 5.98. The van der Waals surface area contributed by atoms with Crippen LogP contribution in [-0.4, -0.2) is 17.1 Å². The number of carbonyl (C=O) groups excluding carboxylic acids is 1. The molecule has 0 radical (unpaired) electrons. The van der Waals surface area contributed by atoms with Gasteiger partial charge in [0.25, 0.3) is 5.91 Å². The number of thiophene rings is 1. The Morgan fingerprint density at radius 3 is 2.68 bits per heavy atom. The lowest BCUT2D eigenvalue weighted by Gasteiger charge is -2.07. The Morgan fingerprint density at radius 1 is 1.11 bits per heavy atom. The fraction of sp³-hybridized carbons (Fsp3) is 0. The highest BCUT2D eigenvalue weighted by atomic mass is 32.1. The number of amides is 1. The summed E-state index contributed by atoms with van der Waals surface area (Å²) in [4.78, 5) is 18.5. The quantitative estimate of drug-likeness (QED) is 0.414. The number of fused-ring (bicyclic) bond motifs is 1. The summed E-state index contributed by atoms with van der Waals surface area (Å²) in [6.45, 7) is 0. The van der Waals surface area contributed by atoms with Gasteiger partial charge in [0.2, 0.25) is 0 Å². The highest BCUT2D eigenvalue weighted by molar-refractivity contribution is 7.13. The molecule has 0 saturated heterocycles. The molecular formula is C22H14N4OS. The first kappa shape index (κ1) is 17.6. The number of para-hydroxylation sites is 1. The van der Waals surface area contributed by atoms with Crippen molar-refractivity contribution in [2.75, 3.05) is 0 Å². The monoisotopic (exact) mass is 382 g/mol. The second kappa shape index (κ2) is 7.82. The molecule has 28 heavy (non-hydrogen) atoms. The molecule has 4 aromatic rings. The van der Waals surface area contributed by atoms with Gasteiger partial charge >= 0.3 is 0 Å². The first-order valence-corrected chi connectivity index (χ1v) is 9.40. The van der Waals surface area contributed by atoms with Crippen LogP contribution in [0.3, 0.4) is 0 Å². The molecule has 0 aliphatic carbocycles. The van der Waals surface area contributed by atoms with Crippen LogP contribution in [0.2, 0.25) is 0 Å². The van der Waals surface area contributed by atoms with Gasteiger partial charge in [0.1, 0.15) is 0 Å². The molecular weight excluding hydrogens is 368 g/mol. The van der Waals surface area contributed by atoms with E-state index < -0.39 is 0 Å². The molecule has 0 aliphatic rings. The van der Waals surface area contributed by atoms with Crippen molar-refractivity contribution in [2.24, 2.45) is 5.10 Å². The van der Waals surface area contributed by atoms with Crippen LogP contribution in [0.25, 0.3) is 21.5 Å². The van der Waals surface area contributed by atoms with E-state index in [9.17, 15) is 4.79 Å². The molecule has 1 amide bonds. The molecule has 0 atom stereocenters. The minimum atomic E-state index is -0.304. The molecule has 5 nitrogen and oxygen atoms in total. The number of hydrazone groups is 1. The van der Waals surface area contributed by atoms with Gasteiger partial charge in [-0.1, -0.05) is 36.4 Å². The Bertz CT molecular complexity index is 1210. The number of benzene rings is 2. The van der Waals surface area contributed by atoms with Gasteiger partial charge in [-0.05, 0) is 41.3 Å². The van der Waals surface area contributed by atoms with Gasteiger partial charge in [-0.2, -0.15) is 10.4 Å². The van der Waals surface area contributed by atoms with Crippen molar-refractivity contribution in [1.82, 2.24) is 10.4 Å². The van der Waals surface area contributed by atoms with E-state index in [1.165, 1.54) is 0 Å². The number of nitrogens with zero attached hydrogens (tertiary/aromatic N) is 3. The van der Waals surface area contributed by atoms with Crippen molar-refractivity contribution in [1.29, 1.82) is 5.26 Å². The number of carbonyl (C=O) groups is 1. The molecule has 0 bridgehead atoms. The molecule has 0 saturated carbocycles. The first-order chi connectivity index (χ1) is 13.7. The van der Waals surface area contributed by atoms with Crippen molar-refractivity contribution in [3.05, 3.63) is 88.8 Å². The largest absolute Gasteiger partial charge is 0.272 e. The highest BCUT2D eigenvalue weighted by Crippen LogP contribution is 2.27. The third kappa shape index (κ3) is 3.65. The van der Waals surface area contributed by atoms with Crippen molar-refractivity contribution in [2.45, 2.75) is 0 Å². The fourth-order valence-corrected chi connectivity index (χ4v) is 3.47. The average molecular weight is 382 g/mol. The molecule has 6 heteroatoms. The van der Waals surface area contributed by atoms with Crippen LogP contribution < -0.4 is 5.43 Å². The van der Waals surface area contributed by atoms with E-state index >= 15 is 0 Å². The molecule has 0 aliphatic heterocycles. The van der Waals surface area contributed by atoms with Crippen molar-refractivity contribution < 1.29 is 4.79 Å². The summed E-state index contributed by atoms with van der Waals surface area (Å²) >= 11 is 1.58. The Labute approximate surface area is 165 Å². The third-order valence-electron chi connectivity index (χ3n) is 4.15. The first-order valence-electron chi connectivity index (χ1n) is 8.52. The van der Waals surface area contributed by atoms with Crippen LogP contribution >= 0.6 is 11.3 Å². The highest BCUT2D eigenvalue weighted by Gasteiger charge is 2.13. The maximum atomic E-state index is 12.8. The van der Waals surface area contributed by atoms with Gasteiger partial charge in [-0.15, -0.1) is 11.3 Å². The maximum absolute atomic E-state index is 12.8. The second-order valence-electron chi connectivity index (χ2n) is 5.98. The van der Waals surface area contributed by atoms with Crippen LogP contribution in [0, 0.1) is 11.3 Å². The predicted octanol–water partition coefficient (Wildman–Crippen LogP) is 4.60. The van der Waals surface area contributed by atoms with Gasteiger partial charge in [0.05, 0.1) is 39.5 Å². The van der Waals surface area contributed by atoms with Crippen molar-refractivity contribution in [3.8, 4) is 16.6 Å². The molecule has 0 fully saturated rings. The van der Waals surface area contributed by atoms with E-state index in [0.29, 0.717) is 11.1 Å². The molecule has 4 rings (SSSR count). The molecule has 134 valence electrons. The molecule has 0 unspecified atom stereocenters. The molecule has 2 heterocycles. The lowest BCUT2D eigenvalue weighted by atomic mass is 10.1. The number of pyridine rings is 1. The summed E-state index contributed by atoms with van der Waals surface area (Å²) in [7, 11) is 0. The molecule has 2 aromatic heterocycles. The van der Waals surface area contributed by atoms with Gasteiger partial charge in [-0.3, -0.25) is 4.79 Å². The van der Waals surface area contributed by atoms with Crippen molar-refractivity contribution in [3.63, 3.8) is 0 Å². The number of nitriles is 1. The SMILES string of the molecule is N#Cc1ccc(/C=N\NC(=O)c2cc(-c3cccs3)nc3ccccc23)cc1. The van der Waals surface area contributed by atoms with Crippen molar-refractivity contribution >= 4 is 34.4 Å². The Hall–Kier alpha value is -3.82. The minimum Gasteiger partial charge on any atom is -0.267 e. The third-order valence-corrected chi connectivity index (χ3v) is 5.05. The zero-order valence-corrected chi connectivity index (χ0v) is 15.5. The number of hydrogen-bond acceptors (Lipinski definition) is 5. The number of rotatable bonds is 4. The fourth-order valence-electron chi connectivity index (χ4n) is 2.78. The normalized spacial score (nSPS) is 10.8. The van der Waals surface area contributed by atoms with Crippen LogP contribution in [0.5, 0.6) is 0 Å². The van der Waals surface area contributed by atoms with E-state index in [1.807, 2.05) is 41.8 Å². The van der Waals surface area contributed by atoms with Gasteiger partial charge < -0.3 is 0 Å². The predicted molar refractivity (Wildman–Crippen MR) is 111 cm³/mol. The molecule has 2 aromatic carbocycles. The summed E-state index contributed by atoms with van der Waals surface area (Å²) in [6, 6.07) is 22.3. The smallest absolute Gasteiger partial charge is 0.267 e. The van der Waals surface area contributed by atoms with E-state index in [-0.39, 0.29) is 5.91 Å². The topological polar surface area (TPSA) is 78.1 Å². The molecule has 0 spiro atoms. The molecule has 1 N–H and O–H groups in total. The Kier molecular flexibility index (Phi) is 4.91. The lowest BCUT2D eigenvalue weighted by Crippen LogP contribution is -2.18. The zero-order chi connectivity index (χ0) is 19.3.